The molecule has 2 heterocycles. The summed E-state index contributed by atoms with van der Waals surface area (Å²) in [6.07, 6.45) is 3.37. The van der Waals surface area contributed by atoms with Gasteiger partial charge in [0.2, 0.25) is 0 Å². The first-order valence-corrected chi connectivity index (χ1v) is 8.93. The Labute approximate surface area is 158 Å². The summed E-state index contributed by atoms with van der Waals surface area (Å²) in [4.78, 5) is 20.6. The topological polar surface area (TPSA) is 57.7 Å². The molecule has 138 valence electrons. The normalized spacial score (nSPS) is 14.3. The van der Waals surface area contributed by atoms with E-state index < -0.39 is 0 Å². The minimum Gasteiger partial charge on any atom is -0.496 e. The van der Waals surface area contributed by atoms with Crippen molar-refractivity contribution in [2.24, 2.45) is 0 Å². The summed E-state index contributed by atoms with van der Waals surface area (Å²) < 4.78 is 5.43. The smallest absolute Gasteiger partial charge is 0.321 e. The molecule has 1 aliphatic rings. The number of piperazine rings is 1. The van der Waals surface area contributed by atoms with Crippen LogP contribution in [-0.4, -0.2) is 49.2 Å². The van der Waals surface area contributed by atoms with Crippen molar-refractivity contribution in [1.29, 1.82) is 0 Å². The standard InChI is InChI=1S/C19H23ClN4O2/c1-13-4-5-16(14(2)18(13)26-3)22-19(25)24-10-8-23(9-11-24)17-6-7-21-12-15(17)20/h4-7,12H,8-11H2,1-3H3,(H,22,25). The van der Waals surface area contributed by atoms with E-state index in [-0.39, 0.29) is 6.03 Å². The van der Waals surface area contributed by atoms with Crippen LogP contribution in [0.3, 0.4) is 0 Å². The summed E-state index contributed by atoms with van der Waals surface area (Å²) in [5.74, 6) is 0.806. The lowest BCUT2D eigenvalue weighted by atomic mass is 10.1. The Kier molecular flexibility index (Phi) is 5.52. The second-order valence-corrected chi connectivity index (χ2v) is 6.73. The van der Waals surface area contributed by atoms with Crippen LogP contribution in [0.4, 0.5) is 16.2 Å². The van der Waals surface area contributed by atoms with Gasteiger partial charge in [-0.05, 0) is 31.5 Å². The van der Waals surface area contributed by atoms with Gasteiger partial charge in [-0.2, -0.15) is 0 Å². The lowest BCUT2D eigenvalue weighted by Gasteiger charge is -2.36. The molecule has 0 aliphatic carbocycles. The molecular formula is C19H23ClN4O2. The number of ether oxygens (including phenoxy) is 1. The van der Waals surface area contributed by atoms with Crippen molar-refractivity contribution in [2.45, 2.75) is 13.8 Å². The van der Waals surface area contributed by atoms with E-state index in [1.54, 1.807) is 19.5 Å². The predicted molar refractivity (Wildman–Crippen MR) is 105 cm³/mol. The molecule has 1 fully saturated rings. The molecule has 3 rings (SSSR count). The second-order valence-electron chi connectivity index (χ2n) is 6.32. The van der Waals surface area contributed by atoms with E-state index in [9.17, 15) is 4.79 Å². The summed E-state index contributed by atoms with van der Waals surface area (Å²) in [5.41, 5.74) is 3.71. The van der Waals surface area contributed by atoms with Gasteiger partial charge in [0.05, 0.1) is 17.8 Å². The maximum atomic E-state index is 12.6. The lowest BCUT2D eigenvalue weighted by molar-refractivity contribution is 0.208. The first kappa shape index (κ1) is 18.3. The molecule has 1 aliphatic heterocycles. The third-order valence-electron chi connectivity index (χ3n) is 4.71. The molecule has 26 heavy (non-hydrogen) atoms. The fourth-order valence-corrected chi connectivity index (χ4v) is 3.48. The Morgan fingerprint density at radius 1 is 1.19 bits per heavy atom. The van der Waals surface area contributed by atoms with E-state index in [0.29, 0.717) is 18.1 Å². The molecule has 0 radical (unpaired) electrons. The number of aryl methyl sites for hydroxylation is 1. The molecule has 2 aromatic rings. The molecular weight excluding hydrogens is 352 g/mol. The van der Waals surface area contributed by atoms with Gasteiger partial charge in [0.15, 0.2) is 0 Å². The van der Waals surface area contributed by atoms with Crippen molar-refractivity contribution >= 4 is 29.0 Å². The Balaban J connectivity index is 1.64. The van der Waals surface area contributed by atoms with Crippen molar-refractivity contribution in [1.82, 2.24) is 9.88 Å². The quantitative estimate of drug-likeness (QED) is 0.889. The number of hydrogen-bond donors (Lipinski definition) is 1. The molecule has 6 nitrogen and oxygen atoms in total. The minimum atomic E-state index is -0.0977. The molecule has 1 N–H and O–H groups in total. The SMILES string of the molecule is COc1c(C)ccc(NC(=O)N2CCN(c3ccncc3Cl)CC2)c1C. The number of urea groups is 1. The number of amides is 2. The zero-order chi connectivity index (χ0) is 18.7. The highest BCUT2D eigenvalue weighted by molar-refractivity contribution is 6.33. The number of aromatic nitrogens is 1. The Hall–Kier alpha value is -2.47. The number of anilines is 2. The van der Waals surface area contributed by atoms with Crippen LogP contribution in [0.15, 0.2) is 30.6 Å². The van der Waals surface area contributed by atoms with Crippen LogP contribution >= 0.6 is 11.6 Å². The molecule has 0 spiro atoms. The largest absolute Gasteiger partial charge is 0.496 e. The van der Waals surface area contributed by atoms with Gasteiger partial charge in [-0.25, -0.2) is 4.79 Å². The molecule has 0 unspecified atom stereocenters. The van der Waals surface area contributed by atoms with E-state index >= 15 is 0 Å². The highest BCUT2D eigenvalue weighted by atomic mass is 35.5. The van der Waals surface area contributed by atoms with Crippen LogP contribution in [0.5, 0.6) is 5.75 Å². The Morgan fingerprint density at radius 2 is 1.92 bits per heavy atom. The number of pyridine rings is 1. The number of benzene rings is 1. The van der Waals surface area contributed by atoms with Gasteiger partial charge in [0.25, 0.3) is 0 Å². The van der Waals surface area contributed by atoms with Gasteiger partial charge in [0.1, 0.15) is 5.75 Å². The molecule has 0 saturated carbocycles. The summed E-state index contributed by atoms with van der Waals surface area (Å²) in [5, 5.41) is 3.63. The molecule has 2 amide bonds. The van der Waals surface area contributed by atoms with Gasteiger partial charge >= 0.3 is 6.03 Å². The van der Waals surface area contributed by atoms with Gasteiger partial charge in [-0.15, -0.1) is 0 Å². The predicted octanol–water partition coefficient (Wildman–Crippen LogP) is 3.71. The molecule has 0 atom stereocenters. The second kappa shape index (κ2) is 7.83. The zero-order valence-electron chi connectivity index (χ0n) is 15.3. The number of methoxy groups -OCH3 is 1. The van der Waals surface area contributed by atoms with E-state index in [1.807, 2.05) is 36.9 Å². The van der Waals surface area contributed by atoms with Crippen molar-refractivity contribution in [3.05, 3.63) is 46.7 Å². The van der Waals surface area contributed by atoms with Gasteiger partial charge < -0.3 is 19.9 Å². The summed E-state index contributed by atoms with van der Waals surface area (Å²) in [6, 6.07) is 5.67. The molecule has 1 aromatic carbocycles. The minimum absolute atomic E-state index is 0.0977. The summed E-state index contributed by atoms with van der Waals surface area (Å²) in [7, 11) is 1.64. The third-order valence-corrected chi connectivity index (χ3v) is 5.00. The van der Waals surface area contributed by atoms with Gasteiger partial charge in [-0.1, -0.05) is 17.7 Å². The monoisotopic (exact) mass is 374 g/mol. The summed E-state index contributed by atoms with van der Waals surface area (Å²) >= 11 is 6.21. The fourth-order valence-electron chi connectivity index (χ4n) is 3.25. The molecule has 1 saturated heterocycles. The first-order chi connectivity index (χ1) is 12.5. The highest BCUT2D eigenvalue weighted by Gasteiger charge is 2.23. The Bertz CT molecular complexity index is 804. The van der Waals surface area contributed by atoms with Crippen molar-refractivity contribution < 1.29 is 9.53 Å². The highest BCUT2D eigenvalue weighted by Crippen LogP contribution is 2.29. The third kappa shape index (κ3) is 3.70. The number of nitrogens with one attached hydrogen (secondary N) is 1. The zero-order valence-corrected chi connectivity index (χ0v) is 16.0. The van der Waals surface area contributed by atoms with Crippen LogP contribution < -0.4 is 15.0 Å². The van der Waals surface area contributed by atoms with Crippen LogP contribution in [-0.2, 0) is 0 Å². The lowest BCUT2D eigenvalue weighted by Crippen LogP contribution is -2.50. The van der Waals surface area contributed by atoms with Crippen molar-refractivity contribution in [3.8, 4) is 5.75 Å². The van der Waals surface area contributed by atoms with Crippen molar-refractivity contribution in [3.63, 3.8) is 0 Å². The first-order valence-electron chi connectivity index (χ1n) is 8.56. The van der Waals surface area contributed by atoms with E-state index in [2.05, 4.69) is 15.2 Å². The van der Waals surface area contributed by atoms with Gasteiger partial charge in [0, 0.05) is 49.8 Å². The van der Waals surface area contributed by atoms with E-state index in [4.69, 9.17) is 16.3 Å². The van der Waals surface area contributed by atoms with Gasteiger partial charge in [-0.3, -0.25) is 4.98 Å². The van der Waals surface area contributed by atoms with Crippen LogP contribution in [0.1, 0.15) is 11.1 Å². The number of carbonyl (C=O) groups is 1. The van der Waals surface area contributed by atoms with Crippen LogP contribution in [0, 0.1) is 13.8 Å². The number of nitrogens with zero attached hydrogens (tertiary/aromatic N) is 3. The van der Waals surface area contributed by atoms with Crippen LogP contribution in [0.25, 0.3) is 0 Å². The fraction of sp³-hybridized carbons (Fsp3) is 0.368. The number of halogens is 1. The average Bonchev–Trinajstić information content (AvgIpc) is 2.65. The average molecular weight is 375 g/mol. The van der Waals surface area contributed by atoms with Crippen LogP contribution in [0.2, 0.25) is 5.02 Å². The molecule has 0 bridgehead atoms. The van der Waals surface area contributed by atoms with E-state index in [0.717, 1.165) is 41.3 Å². The number of hydrogen-bond acceptors (Lipinski definition) is 4. The van der Waals surface area contributed by atoms with E-state index in [1.165, 1.54) is 0 Å². The van der Waals surface area contributed by atoms with Crippen molar-refractivity contribution in [2.75, 3.05) is 43.5 Å². The Morgan fingerprint density at radius 3 is 2.58 bits per heavy atom. The molecule has 1 aromatic heterocycles. The maximum Gasteiger partial charge on any atom is 0.321 e. The number of rotatable bonds is 3. The maximum absolute atomic E-state index is 12.6. The molecule has 7 heteroatoms. The summed E-state index contributed by atoms with van der Waals surface area (Å²) in [6.45, 7) is 6.66. The number of carbonyl (C=O) groups excluding carboxylic acids is 1.